The molecule has 0 amide bonds. The first-order valence-electron chi connectivity index (χ1n) is 11.6. The van der Waals surface area contributed by atoms with E-state index in [0.29, 0.717) is 24.6 Å². The summed E-state index contributed by atoms with van der Waals surface area (Å²) in [5.74, 6) is 0.0427. The molecule has 4 aromatic rings. The van der Waals surface area contributed by atoms with Gasteiger partial charge >= 0.3 is 0 Å². The largest absolute Gasteiger partial charge is 0.382 e. The highest BCUT2D eigenvalue weighted by Crippen LogP contribution is 2.38. The number of aromatic nitrogens is 4. The highest BCUT2D eigenvalue weighted by atomic mass is 32.2. The number of sulfone groups is 1. The molecular formula is C25H26N6O3S. The quantitative estimate of drug-likeness (QED) is 0.447. The highest BCUT2D eigenvalue weighted by molar-refractivity contribution is 7.91. The van der Waals surface area contributed by atoms with Crippen LogP contribution in [0, 0.1) is 0 Å². The number of pyridine rings is 1. The number of nitrogens with zero attached hydrogens (tertiary/aromatic N) is 4. The van der Waals surface area contributed by atoms with Gasteiger partial charge in [0.05, 0.1) is 30.8 Å². The van der Waals surface area contributed by atoms with Crippen LogP contribution in [-0.4, -0.2) is 59.6 Å². The minimum atomic E-state index is -3.63. The first-order chi connectivity index (χ1) is 16.9. The van der Waals surface area contributed by atoms with Gasteiger partial charge < -0.3 is 15.8 Å². The van der Waals surface area contributed by atoms with E-state index in [4.69, 9.17) is 15.5 Å². The Kier molecular flexibility index (Phi) is 5.32. The van der Waals surface area contributed by atoms with Crippen molar-refractivity contribution in [3.8, 4) is 22.4 Å². The average molecular weight is 491 g/mol. The fourth-order valence-corrected chi connectivity index (χ4v) is 6.33. The number of ether oxygens (including phenoxy) is 1. The molecule has 9 nitrogen and oxygen atoms in total. The molecule has 2 unspecified atom stereocenters. The third-order valence-electron chi connectivity index (χ3n) is 6.81. The molecule has 0 saturated carbocycles. The molecule has 6 rings (SSSR count). The Labute approximate surface area is 203 Å². The normalized spacial score (nSPS) is 22.4. The topological polar surface area (TPSA) is 124 Å². The van der Waals surface area contributed by atoms with E-state index in [1.807, 2.05) is 42.5 Å². The van der Waals surface area contributed by atoms with Gasteiger partial charge in [-0.2, -0.15) is 9.61 Å². The van der Waals surface area contributed by atoms with Gasteiger partial charge in [0.15, 0.2) is 15.5 Å². The molecule has 2 atom stereocenters. The van der Waals surface area contributed by atoms with Gasteiger partial charge in [-0.1, -0.05) is 36.4 Å². The van der Waals surface area contributed by atoms with Crippen molar-refractivity contribution in [1.82, 2.24) is 24.9 Å². The zero-order valence-electron chi connectivity index (χ0n) is 19.3. The van der Waals surface area contributed by atoms with Crippen LogP contribution < -0.4 is 11.1 Å². The molecule has 2 bridgehead atoms. The van der Waals surface area contributed by atoms with Gasteiger partial charge in [-0.15, -0.1) is 0 Å². The zero-order valence-corrected chi connectivity index (χ0v) is 20.1. The van der Waals surface area contributed by atoms with Crippen molar-refractivity contribution in [1.29, 1.82) is 0 Å². The minimum Gasteiger partial charge on any atom is -0.382 e. The van der Waals surface area contributed by atoms with E-state index < -0.39 is 9.84 Å². The molecule has 1 aromatic carbocycles. The number of rotatable bonds is 4. The van der Waals surface area contributed by atoms with Gasteiger partial charge in [0.2, 0.25) is 0 Å². The average Bonchev–Trinajstić information content (AvgIpc) is 3.28. The van der Waals surface area contributed by atoms with Crippen molar-refractivity contribution < 1.29 is 13.2 Å². The summed E-state index contributed by atoms with van der Waals surface area (Å²) >= 11 is 0. The SMILES string of the molecule is CS(=O)(=O)c1c(C2CC3COCC(C2)N3)nc2c(-c3ccc(-c4ccccc4)nc3)cnn2c1N. The fourth-order valence-electron chi connectivity index (χ4n) is 5.27. The number of hydrogen-bond acceptors (Lipinski definition) is 8. The highest BCUT2D eigenvalue weighted by Gasteiger charge is 2.37. The lowest BCUT2D eigenvalue weighted by Gasteiger charge is -2.40. The summed E-state index contributed by atoms with van der Waals surface area (Å²) in [7, 11) is -3.63. The van der Waals surface area contributed by atoms with Gasteiger partial charge in [0, 0.05) is 47.1 Å². The molecule has 2 fully saturated rings. The lowest BCUT2D eigenvalue weighted by molar-refractivity contribution is 0.0174. The van der Waals surface area contributed by atoms with Gasteiger partial charge in [0.1, 0.15) is 10.7 Å². The van der Waals surface area contributed by atoms with E-state index in [-0.39, 0.29) is 28.7 Å². The van der Waals surface area contributed by atoms with Crippen molar-refractivity contribution in [2.24, 2.45) is 0 Å². The first-order valence-corrected chi connectivity index (χ1v) is 13.5. The maximum absolute atomic E-state index is 12.8. The zero-order chi connectivity index (χ0) is 24.2. The Balaban J connectivity index is 1.47. The van der Waals surface area contributed by atoms with E-state index in [2.05, 4.69) is 15.4 Å². The van der Waals surface area contributed by atoms with Crippen molar-refractivity contribution in [3.05, 3.63) is 60.6 Å². The van der Waals surface area contributed by atoms with Crippen molar-refractivity contribution in [2.45, 2.75) is 35.7 Å². The van der Waals surface area contributed by atoms with Crippen molar-refractivity contribution in [3.63, 3.8) is 0 Å². The second kappa shape index (κ2) is 8.40. The fraction of sp³-hybridized carbons (Fsp3) is 0.320. The molecule has 0 spiro atoms. The van der Waals surface area contributed by atoms with Crippen molar-refractivity contribution >= 4 is 21.3 Å². The molecule has 5 heterocycles. The summed E-state index contributed by atoms with van der Waals surface area (Å²) in [6.07, 6.45) is 6.10. The summed E-state index contributed by atoms with van der Waals surface area (Å²) in [4.78, 5) is 9.62. The molecule has 0 radical (unpaired) electrons. The molecule has 2 aliphatic rings. The Morgan fingerprint density at radius 3 is 2.43 bits per heavy atom. The first kappa shape index (κ1) is 22.1. The van der Waals surface area contributed by atoms with E-state index in [9.17, 15) is 8.42 Å². The van der Waals surface area contributed by atoms with Gasteiger partial charge in [0.25, 0.3) is 0 Å². The standard InChI is InChI=1S/C25H26N6O3S/c1-35(32,33)23-22(17-9-18-13-34-14-19(10-17)29-18)30-25-20(12-28-31(25)24(23)26)16-7-8-21(27-11-16)15-5-3-2-4-6-15/h2-8,11-12,17-19,29H,9-10,13-14,26H2,1H3. The predicted octanol–water partition coefficient (Wildman–Crippen LogP) is 2.68. The molecule has 3 aromatic heterocycles. The molecule has 180 valence electrons. The summed E-state index contributed by atoms with van der Waals surface area (Å²) in [5, 5.41) is 7.95. The number of nitrogen functional groups attached to an aromatic ring is 1. The summed E-state index contributed by atoms with van der Waals surface area (Å²) in [6.45, 7) is 1.21. The van der Waals surface area contributed by atoms with Gasteiger partial charge in [-0.25, -0.2) is 13.4 Å². The van der Waals surface area contributed by atoms with Crippen LogP contribution in [0.2, 0.25) is 0 Å². The number of benzene rings is 1. The Bertz CT molecular complexity index is 1490. The third-order valence-corrected chi connectivity index (χ3v) is 7.97. The molecule has 3 N–H and O–H groups in total. The number of morpholine rings is 1. The smallest absolute Gasteiger partial charge is 0.180 e. The van der Waals surface area contributed by atoms with Crippen LogP contribution >= 0.6 is 0 Å². The molecule has 35 heavy (non-hydrogen) atoms. The minimum absolute atomic E-state index is 0.0477. The van der Waals surface area contributed by atoms with Crippen LogP contribution in [0.15, 0.2) is 59.8 Å². The Morgan fingerprint density at radius 2 is 1.77 bits per heavy atom. The maximum Gasteiger partial charge on any atom is 0.180 e. The number of piperidine rings is 1. The second-order valence-corrected chi connectivity index (χ2v) is 11.3. The summed E-state index contributed by atoms with van der Waals surface area (Å²) < 4.78 is 32.8. The van der Waals surface area contributed by atoms with Gasteiger partial charge in [-0.05, 0) is 18.9 Å². The van der Waals surface area contributed by atoms with Crippen LogP contribution in [0.3, 0.4) is 0 Å². The number of nitrogens with two attached hydrogens (primary N) is 1. The van der Waals surface area contributed by atoms with E-state index in [0.717, 1.165) is 35.2 Å². The molecule has 2 aliphatic heterocycles. The molecule has 2 saturated heterocycles. The lowest BCUT2D eigenvalue weighted by Crippen LogP contribution is -2.53. The van der Waals surface area contributed by atoms with Crippen LogP contribution in [0.1, 0.15) is 24.5 Å². The third kappa shape index (κ3) is 3.97. The van der Waals surface area contributed by atoms with Crippen LogP contribution in [0.5, 0.6) is 0 Å². The Morgan fingerprint density at radius 1 is 1.03 bits per heavy atom. The predicted molar refractivity (Wildman–Crippen MR) is 133 cm³/mol. The summed E-state index contributed by atoms with van der Waals surface area (Å²) in [5.41, 5.74) is 11.0. The number of anilines is 1. The molecule has 0 aliphatic carbocycles. The van der Waals surface area contributed by atoms with Crippen LogP contribution in [0.4, 0.5) is 5.82 Å². The monoisotopic (exact) mass is 490 g/mol. The maximum atomic E-state index is 12.8. The van der Waals surface area contributed by atoms with E-state index >= 15 is 0 Å². The number of nitrogens with one attached hydrogen (secondary N) is 1. The Hall–Kier alpha value is -3.34. The number of fused-ring (bicyclic) bond motifs is 3. The van der Waals surface area contributed by atoms with E-state index in [1.165, 1.54) is 10.8 Å². The molecular weight excluding hydrogens is 464 g/mol. The summed E-state index contributed by atoms with van der Waals surface area (Å²) in [6, 6.07) is 14.2. The second-order valence-electron chi connectivity index (χ2n) is 9.34. The van der Waals surface area contributed by atoms with Crippen LogP contribution in [0.25, 0.3) is 28.0 Å². The van der Waals surface area contributed by atoms with E-state index in [1.54, 1.807) is 12.4 Å². The van der Waals surface area contributed by atoms with Crippen molar-refractivity contribution in [2.75, 3.05) is 25.2 Å². The van der Waals surface area contributed by atoms with Crippen LogP contribution in [-0.2, 0) is 14.6 Å². The lowest BCUT2D eigenvalue weighted by atomic mass is 9.84. The number of hydrogen-bond donors (Lipinski definition) is 2. The van der Waals surface area contributed by atoms with Gasteiger partial charge in [-0.3, -0.25) is 4.98 Å². The molecule has 10 heteroatoms.